The molecule has 0 aromatic heterocycles. The molecule has 0 bridgehead atoms. The van der Waals surface area contributed by atoms with E-state index in [0.717, 1.165) is 5.56 Å². The number of carbonyl (C=O) groups is 2. The van der Waals surface area contributed by atoms with Crippen molar-refractivity contribution in [1.82, 2.24) is 5.32 Å². The van der Waals surface area contributed by atoms with Crippen molar-refractivity contribution in [2.45, 2.75) is 12.6 Å². The monoisotopic (exact) mass is 444 g/mol. The number of nitriles is 1. The maximum Gasteiger partial charge on any atom is 0.247 e. The van der Waals surface area contributed by atoms with Gasteiger partial charge in [0.25, 0.3) is 0 Å². The van der Waals surface area contributed by atoms with Crippen LogP contribution in [0.4, 0.5) is 5.69 Å². The minimum atomic E-state index is -1.46. The summed E-state index contributed by atoms with van der Waals surface area (Å²) in [4.78, 5) is 25.0. The highest BCUT2D eigenvalue weighted by molar-refractivity contribution is 5.92. The van der Waals surface area contributed by atoms with Crippen LogP contribution in [0.5, 0.6) is 11.5 Å². The number of amides is 1. The highest BCUT2D eigenvalue weighted by Gasteiger charge is 2.24. The summed E-state index contributed by atoms with van der Waals surface area (Å²) in [5, 5.41) is 26.7. The van der Waals surface area contributed by atoms with E-state index in [1.165, 1.54) is 26.4 Å². The summed E-state index contributed by atoms with van der Waals surface area (Å²) in [6.45, 7) is 0.284. The number of nitrogens with one attached hydrogen (secondary N) is 2. The van der Waals surface area contributed by atoms with Gasteiger partial charge in [-0.1, -0.05) is 30.3 Å². The molecule has 0 spiro atoms. The first kappa shape index (κ1) is 23.2. The SMILES string of the molecule is COc1cc(C(Nc2ccc(C#N)cc2)C(=O)NCc2ccccc2)cc(C(=O)[O-])c1OC. The van der Waals surface area contributed by atoms with Crippen LogP contribution in [0, 0.1) is 11.3 Å². The molecular weight excluding hydrogens is 422 g/mol. The predicted octanol–water partition coefficient (Wildman–Crippen LogP) is 2.41. The van der Waals surface area contributed by atoms with Gasteiger partial charge in [0.05, 0.1) is 31.8 Å². The van der Waals surface area contributed by atoms with E-state index in [-0.39, 0.29) is 29.5 Å². The highest BCUT2D eigenvalue weighted by Crippen LogP contribution is 2.35. The molecule has 0 aliphatic carbocycles. The van der Waals surface area contributed by atoms with E-state index in [9.17, 15) is 14.7 Å². The number of carbonyl (C=O) groups excluding carboxylic acids is 2. The molecule has 0 heterocycles. The summed E-state index contributed by atoms with van der Waals surface area (Å²) in [6, 6.07) is 19.9. The molecule has 8 nitrogen and oxygen atoms in total. The van der Waals surface area contributed by atoms with Gasteiger partial charge in [0.15, 0.2) is 11.5 Å². The number of hydrogen-bond acceptors (Lipinski definition) is 7. The van der Waals surface area contributed by atoms with Crippen LogP contribution >= 0.6 is 0 Å². The van der Waals surface area contributed by atoms with Crippen LogP contribution in [0.3, 0.4) is 0 Å². The van der Waals surface area contributed by atoms with Crippen molar-refractivity contribution in [1.29, 1.82) is 5.26 Å². The molecular formula is C25H22N3O5-. The fourth-order valence-corrected chi connectivity index (χ4v) is 3.30. The van der Waals surface area contributed by atoms with Crippen LogP contribution in [-0.2, 0) is 11.3 Å². The Balaban J connectivity index is 1.99. The van der Waals surface area contributed by atoms with Gasteiger partial charge in [-0.25, -0.2) is 0 Å². The number of methoxy groups -OCH3 is 2. The quantitative estimate of drug-likeness (QED) is 0.519. The van der Waals surface area contributed by atoms with E-state index in [0.29, 0.717) is 16.8 Å². The first-order valence-corrected chi connectivity index (χ1v) is 10.0. The van der Waals surface area contributed by atoms with Gasteiger partial charge in [-0.2, -0.15) is 5.26 Å². The van der Waals surface area contributed by atoms with E-state index in [1.54, 1.807) is 24.3 Å². The molecule has 33 heavy (non-hydrogen) atoms. The second-order valence-electron chi connectivity index (χ2n) is 7.06. The van der Waals surface area contributed by atoms with Gasteiger partial charge in [0.2, 0.25) is 5.91 Å². The molecule has 3 aromatic rings. The molecule has 1 unspecified atom stereocenters. The molecule has 3 rings (SSSR count). The van der Waals surface area contributed by atoms with Gasteiger partial charge < -0.3 is 30.0 Å². The summed E-state index contributed by atoms with van der Waals surface area (Å²) in [6.07, 6.45) is 0. The molecule has 0 aliphatic heterocycles. The second kappa shape index (κ2) is 10.7. The molecule has 0 fully saturated rings. The van der Waals surface area contributed by atoms with E-state index >= 15 is 0 Å². The Morgan fingerprint density at radius 2 is 1.73 bits per heavy atom. The third-order valence-electron chi connectivity index (χ3n) is 4.95. The van der Waals surface area contributed by atoms with Crippen LogP contribution in [0.15, 0.2) is 66.7 Å². The van der Waals surface area contributed by atoms with Crippen LogP contribution in [-0.4, -0.2) is 26.1 Å². The lowest BCUT2D eigenvalue weighted by Gasteiger charge is -2.23. The predicted molar refractivity (Wildman–Crippen MR) is 120 cm³/mol. The lowest BCUT2D eigenvalue weighted by Crippen LogP contribution is -2.33. The van der Waals surface area contributed by atoms with Gasteiger partial charge >= 0.3 is 0 Å². The number of ether oxygens (including phenoxy) is 2. The van der Waals surface area contributed by atoms with Gasteiger partial charge in [-0.05, 0) is 47.5 Å². The lowest BCUT2D eigenvalue weighted by molar-refractivity contribution is -0.255. The van der Waals surface area contributed by atoms with Crippen molar-refractivity contribution in [3.05, 3.63) is 89.0 Å². The van der Waals surface area contributed by atoms with Crippen molar-refractivity contribution in [3.63, 3.8) is 0 Å². The third-order valence-corrected chi connectivity index (χ3v) is 4.95. The molecule has 1 amide bonds. The summed E-state index contributed by atoms with van der Waals surface area (Å²) >= 11 is 0. The van der Waals surface area contributed by atoms with Crippen LogP contribution in [0.2, 0.25) is 0 Å². The zero-order chi connectivity index (χ0) is 23.8. The Kier molecular flexibility index (Phi) is 7.50. The number of anilines is 1. The van der Waals surface area contributed by atoms with Gasteiger partial charge in [-0.3, -0.25) is 4.79 Å². The average Bonchev–Trinajstić information content (AvgIpc) is 2.85. The third kappa shape index (κ3) is 5.60. The maximum atomic E-state index is 13.2. The number of rotatable bonds is 9. The van der Waals surface area contributed by atoms with E-state index < -0.39 is 12.0 Å². The van der Waals surface area contributed by atoms with Crippen molar-refractivity contribution in [2.24, 2.45) is 0 Å². The molecule has 0 aliphatic rings. The van der Waals surface area contributed by atoms with E-state index in [4.69, 9.17) is 14.7 Å². The van der Waals surface area contributed by atoms with Gasteiger partial charge in [0, 0.05) is 17.8 Å². The van der Waals surface area contributed by atoms with Crippen molar-refractivity contribution in [3.8, 4) is 17.6 Å². The fourth-order valence-electron chi connectivity index (χ4n) is 3.30. The molecule has 0 saturated heterocycles. The number of carboxylic acids is 1. The van der Waals surface area contributed by atoms with Gasteiger partial charge in [-0.15, -0.1) is 0 Å². The average molecular weight is 444 g/mol. The maximum absolute atomic E-state index is 13.2. The van der Waals surface area contributed by atoms with Gasteiger partial charge in [0.1, 0.15) is 6.04 Å². The lowest BCUT2D eigenvalue weighted by atomic mass is 10.0. The molecule has 3 aromatic carbocycles. The van der Waals surface area contributed by atoms with Crippen LogP contribution in [0.1, 0.15) is 33.1 Å². The normalized spacial score (nSPS) is 11.1. The summed E-state index contributed by atoms with van der Waals surface area (Å²) in [5.74, 6) is -1.70. The second-order valence-corrected chi connectivity index (χ2v) is 7.06. The molecule has 1 atom stereocenters. The standard InChI is InChI=1S/C25H23N3O5/c1-32-21-13-18(12-20(25(30)31)23(21)33-2)22(28-19-10-8-16(14-26)9-11-19)24(29)27-15-17-6-4-3-5-7-17/h3-13,22,28H,15H2,1-2H3,(H,27,29)(H,30,31)/p-1. The zero-order valence-corrected chi connectivity index (χ0v) is 18.1. The fraction of sp³-hybridized carbons (Fsp3) is 0.160. The largest absolute Gasteiger partial charge is 0.545 e. The number of hydrogen-bond donors (Lipinski definition) is 2. The molecule has 0 saturated carbocycles. The first-order valence-electron chi connectivity index (χ1n) is 10.0. The molecule has 2 N–H and O–H groups in total. The Hall–Kier alpha value is -4.51. The number of carboxylic acid groups (broad SMARTS) is 1. The summed E-state index contributed by atoms with van der Waals surface area (Å²) in [7, 11) is 2.70. The Morgan fingerprint density at radius 3 is 2.30 bits per heavy atom. The molecule has 8 heteroatoms. The minimum Gasteiger partial charge on any atom is -0.545 e. The molecule has 0 radical (unpaired) electrons. The number of aromatic carboxylic acids is 1. The number of nitrogens with zero attached hydrogens (tertiary/aromatic N) is 1. The van der Waals surface area contributed by atoms with Crippen molar-refractivity contribution >= 4 is 17.6 Å². The first-order chi connectivity index (χ1) is 16.0. The highest BCUT2D eigenvalue weighted by atomic mass is 16.5. The van der Waals surface area contributed by atoms with E-state index in [1.807, 2.05) is 36.4 Å². The van der Waals surface area contributed by atoms with Crippen LogP contribution in [0.25, 0.3) is 0 Å². The van der Waals surface area contributed by atoms with Crippen molar-refractivity contribution in [2.75, 3.05) is 19.5 Å². The molecule has 168 valence electrons. The minimum absolute atomic E-state index is 0.00284. The topological polar surface area (TPSA) is 124 Å². The van der Waals surface area contributed by atoms with Crippen LogP contribution < -0.4 is 25.2 Å². The summed E-state index contributed by atoms with van der Waals surface area (Å²) < 4.78 is 10.5. The summed E-state index contributed by atoms with van der Waals surface area (Å²) in [5.41, 5.74) is 2.04. The Morgan fingerprint density at radius 1 is 1.03 bits per heavy atom. The Labute approximate surface area is 191 Å². The number of benzene rings is 3. The van der Waals surface area contributed by atoms with Crippen molar-refractivity contribution < 1.29 is 24.2 Å². The zero-order valence-electron chi connectivity index (χ0n) is 18.1. The van der Waals surface area contributed by atoms with E-state index in [2.05, 4.69) is 10.6 Å². The Bertz CT molecular complexity index is 1170. The smallest absolute Gasteiger partial charge is 0.247 e.